The highest BCUT2D eigenvalue weighted by Crippen LogP contribution is 2.41. The molecule has 2 aromatic rings. The molecule has 0 radical (unpaired) electrons. The van der Waals surface area contributed by atoms with Crippen LogP contribution < -0.4 is 5.32 Å². The molecular weight excluding hydrogens is 258 g/mol. The first-order valence-electron chi connectivity index (χ1n) is 5.96. The van der Waals surface area contributed by atoms with Crippen LogP contribution in [0.15, 0.2) is 54.6 Å². The molecule has 3 nitrogen and oxygen atoms in total. The van der Waals surface area contributed by atoms with E-state index < -0.39 is 5.79 Å². The maximum atomic E-state index is 5.83. The zero-order valence-electron chi connectivity index (χ0n) is 10.4. The van der Waals surface area contributed by atoms with Crippen molar-refractivity contribution in [1.29, 1.82) is 0 Å². The molecule has 0 amide bonds. The van der Waals surface area contributed by atoms with E-state index >= 15 is 0 Å². The Bertz CT molecular complexity index is 615. The van der Waals surface area contributed by atoms with E-state index in [0.717, 1.165) is 16.8 Å². The Labute approximate surface area is 117 Å². The van der Waals surface area contributed by atoms with Gasteiger partial charge in [-0.25, -0.2) is 0 Å². The molecule has 0 aliphatic carbocycles. The molecule has 0 aromatic heterocycles. The Balaban J connectivity index is 2.24. The van der Waals surface area contributed by atoms with Crippen LogP contribution in [0.25, 0.3) is 0 Å². The van der Waals surface area contributed by atoms with Crippen molar-refractivity contribution in [3.05, 3.63) is 65.7 Å². The monoisotopic (exact) mass is 271 g/mol. The van der Waals surface area contributed by atoms with Gasteiger partial charge < -0.3 is 14.8 Å². The highest BCUT2D eigenvalue weighted by molar-refractivity contribution is 7.80. The Morgan fingerprint density at radius 2 is 1.74 bits per heavy atom. The molecule has 19 heavy (non-hydrogen) atoms. The summed E-state index contributed by atoms with van der Waals surface area (Å²) in [5.74, 6) is -0.986. The third kappa shape index (κ3) is 1.89. The summed E-state index contributed by atoms with van der Waals surface area (Å²) >= 11 is 5.18. The maximum Gasteiger partial charge on any atom is 0.268 e. The van der Waals surface area contributed by atoms with E-state index in [1.54, 1.807) is 7.11 Å². The number of thiocarbonyl (C=S) groups is 1. The second-order valence-electron chi connectivity index (χ2n) is 4.25. The fourth-order valence-electron chi connectivity index (χ4n) is 2.34. The van der Waals surface area contributed by atoms with Crippen molar-refractivity contribution in [3.8, 4) is 0 Å². The van der Waals surface area contributed by atoms with Gasteiger partial charge in [0.25, 0.3) is 11.0 Å². The lowest BCUT2D eigenvalue weighted by molar-refractivity contribution is -0.147. The third-order valence-electron chi connectivity index (χ3n) is 3.20. The third-order valence-corrected chi connectivity index (χ3v) is 3.38. The van der Waals surface area contributed by atoms with Crippen LogP contribution in [0.3, 0.4) is 0 Å². The second-order valence-corrected chi connectivity index (χ2v) is 4.62. The van der Waals surface area contributed by atoms with Crippen LogP contribution in [0.4, 0.5) is 5.69 Å². The summed E-state index contributed by atoms with van der Waals surface area (Å²) in [5, 5.41) is 3.36. The molecule has 3 rings (SSSR count). The van der Waals surface area contributed by atoms with Crippen molar-refractivity contribution >= 4 is 23.1 Å². The van der Waals surface area contributed by atoms with Crippen LogP contribution in [-0.4, -0.2) is 12.3 Å². The molecule has 1 heterocycles. The number of ether oxygens (including phenoxy) is 2. The Kier molecular flexibility index (Phi) is 2.97. The topological polar surface area (TPSA) is 30.5 Å². The van der Waals surface area contributed by atoms with Crippen molar-refractivity contribution in [2.45, 2.75) is 5.79 Å². The van der Waals surface area contributed by atoms with Gasteiger partial charge in [-0.05, 0) is 24.4 Å². The lowest BCUT2D eigenvalue weighted by atomic mass is 9.94. The summed E-state index contributed by atoms with van der Waals surface area (Å²) in [6.07, 6.45) is 0. The average molecular weight is 271 g/mol. The van der Waals surface area contributed by atoms with Crippen LogP contribution in [0.2, 0.25) is 0 Å². The normalized spacial score (nSPS) is 21.2. The van der Waals surface area contributed by atoms with Gasteiger partial charge in [-0.15, -0.1) is 0 Å². The molecular formula is C15H13NO2S. The summed E-state index contributed by atoms with van der Waals surface area (Å²) in [6.45, 7) is 0. The van der Waals surface area contributed by atoms with Gasteiger partial charge in [0.2, 0.25) is 0 Å². The van der Waals surface area contributed by atoms with Crippen molar-refractivity contribution < 1.29 is 9.47 Å². The Morgan fingerprint density at radius 1 is 1.05 bits per heavy atom. The molecule has 1 atom stereocenters. The second kappa shape index (κ2) is 4.64. The van der Waals surface area contributed by atoms with Crippen LogP contribution in [-0.2, 0) is 15.3 Å². The van der Waals surface area contributed by atoms with Gasteiger partial charge in [0.15, 0.2) is 0 Å². The van der Waals surface area contributed by atoms with Crippen LogP contribution >= 0.6 is 12.2 Å². The molecule has 0 bridgehead atoms. The fraction of sp³-hybridized carbons (Fsp3) is 0.133. The molecule has 96 valence electrons. The number of rotatable bonds is 2. The maximum absolute atomic E-state index is 5.83. The van der Waals surface area contributed by atoms with Gasteiger partial charge in [-0.2, -0.15) is 0 Å². The number of methoxy groups -OCH3 is 1. The minimum absolute atomic E-state index is 0.310. The first-order valence-corrected chi connectivity index (χ1v) is 6.37. The summed E-state index contributed by atoms with van der Waals surface area (Å²) in [7, 11) is 1.62. The molecule has 0 saturated carbocycles. The highest BCUT2D eigenvalue weighted by Gasteiger charge is 2.42. The first kappa shape index (κ1) is 12.1. The zero-order chi connectivity index (χ0) is 13.3. The molecule has 1 aliphatic rings. The quantitative estimate of drug-likeness (QED) is 0.849. The Morgan fingerprint density at radius 3 is 2.47 bits per heavy atom. The molecule has 0 spiro atoms. The summed E-state index contributed by atoms with van der Waals surface area (Å²) in [5.41, 5.74) is 2.73. The number of para-hydroxylation sites is 1. The lowest BCUT2D eigenvalue weighted by Gasteiger charge is -2.38. The van der Waals surface area contributed by atoms with Gasteiger partial charge in [-0.1, -0.05) is 42.5 Å². The fourth-order valence-corrected chi connectivity index (χ4v) is 2.57. The van der Waals surface area contributed by atoms with E-state index in [1.165, 1.54) is 0 Å². The molecule has 0 fully saturated rings. The molecule has 1 aliphatic heterocycles. The molecule has 4 heteroatoms. The van der Waals surface area contributed by atoms with Crippen molar-refractivity contribution in [3.63, 3.8) is 0 Å². The first-order chi connectivity index (χ1) is 9.26. The van der Waals surface area contributed by atoms with E-state index in [2.05, 4.69) is 5.32 Å². The SMILES string of the molecule is COC1(c2ccccc2)OC(=S)Nc2ccccc21. The van der Waals surface area contributed by atoms with E-state index in [9.17, 15) is 0 Å². The van der Waals surface area contributed by atoms with Gasteiger partial charge in [0, 0.05) is 12.7 Å². The summed E-state index contributed by atoms with van der Waals surface area (Å²) < 4.78 is 11.5. The largest absolute Gasteiger partial charge is 0.429 e. The van der Waals surface area contributed by atoms with Gasteiger partial charge in [0.1, 0.15) is 0 Å². The van der Waals surface area contributed by atoms with Crippen LogP contribution in [0.1, 0.15) is 11.1 Å². The molecule has 2 aromatic carbocycles. The number of fused-ring (bicyclic) bond motifs is 1. The van der Waals surface area contributed by atoms with Crippen molar-refractivity contribution in [1.82, 2.24) is 0 Å². The highest BCUT2D eigenvalue weighted by atomic mass is 32.1. The van der Waals surface area contributed by atoms with E-state index in [0.29, 0.717) is 5.17 Å². The zero-order valence-corrected chi connectivity index (χ0v) is 11.2. The predicted octanol–water partition coefficient (Wildman–Crippen LogP) is 3.26. The lowest BCUT2D eigenvalue weighted by Crippen LogP contribution is -2.41. The summed E-state index contributed by atoms with van der Waals surface area (Å²) in [4.78, 5) is 0. The smallest absolute Gasteiger partial charge is 0.268 e. The van der Waals surface area contributed by atoms with E-state index in [-0.39, 0.29) is 0 Å². The van der Waals surface area contributed by atoms with Gasteiger partial charge in [0.05, 0.1) is 11.3 Å². The average Bonchev–Trinajstić information content (AvgIpc) is 2.47. The van der Waals surface area contributed by atoms with Crippen LogP contribution in [0, 0.1) is 0 Å². The molecule has 0 saturated heterocycles. The molecule has 1 unspecified atom stereocenters. The summed E-state index contributed by atoms with van der Waals surface area (Å²) in [6, 6.07) is 17.6. The van der Waals surface area contributed by atoms with Crippen molar-refractivity contribution in [2.75, 3.05) is 12.4 Å². The van der Waals surface area contributed by atoms with E-state index in [4.69, 9.17) is 21.7 Å². The number of anilines is 1. The van der Waals surface area contributed by atoms with E-state index in [1.807, 2.05) is 54.6 Å². The predicted molar refractivity (Wildman–Crippen MR) is 78.0 cm³/mol. The number of hydrogen-bond acceptors (Lipinski definition) is 3. The Hall–Kier alpha value is -1.91. The number of benzene rings is 2. The minimum Gasteiger partial charge on any atom is -0.429 e. The van der Waals surface area contributed by atoms with Crippen LogP contribution in [0.5, 0.6) is 0 Å². The van der Waals surface area contributed by atoms with Gasteiger partial charge in [-0.3, -0.25) is 0 Å². The number of nitrogens with one attached hydrogen (secondary N) is 1. The van der Waals surface area contributed by atoms with Crippen molar-refractivity contribution in [2.24, 2.45) is 0 Å². The number of hydrogen-bond donors (Lipinski definition) is 1. The minimum atomic E-state index is -0.986. The molecule has 1 N–H and O–H groups in total. The standard InChI is InChI=1S/C15H13NO2S/c1-17-15(11-7-3-2-4-8-11)12-9-5-6-10-13(12)16-14(19)18-15/h2-10H,1H3,(H,16,19). The van der Waals surface area contributed by atoms with Gasteiger partial charge >= 0.3 is 0 Å².